The summed E-state index contributed by atoms with van der Waals surface area (Å²) in [6, 6.07) is 9.78. The molecule has 0 aliphatic rings. The first kappa shape index (κ1) is 17.5. The van der Waals surface area contributed by atoms with Crippen molar-refractivity contribution in [3.05, 3.63) is 36.0 Å². The Labute approximate surface area is 137 Å². The molecule has 1 aromatic heterocycles. The van der Waals surface area contributed by atoms with Crippen molar-refractivity contribution in [3.63, 3.8) is 0 Å². The quantitative estimate of drug-likeness (QED) is 0.786. The molecule has 23 heavy (non-hydrogen) atoms. The molecule has 0 aliphatic carbocycles. The summed E-state index contributed by atoms with van der Waals surface area (Å²) >= 11 is 0. The standard InChI is InChI=1S/C18H26N2O3/c1-4-13(2)17(21)12-19-18(22)16-11-14-7-5-6-8-15(14)20(16)9-10-23-3/h5-8,11,13,17,21H,4,9-10,12H2,1-3H3,(H,19,22). The molecule has 1 aromatic carbocycles. The summed E-state index contributed by atoms with van der Waals surface area (Å²) in [5.74, 6) is -0.00527. The van der Waals surface area contributed by atoms with Crippen LogP contribution in [0.25, 0.3) is 10.9 Å². The van der Waals surface area contributed by atoms with Crippen molar-refractivity contribution in [2.24, 2.45) is 5.92 Å². The second-order valence-electron chi connectivity index (χ2n) is 5.90. The van der Waals surface area contributed by atoms with E-state index in [1.165, 1.54) is 0 Å². The lowest BCUT2D eigenvalue weighted by molar-refractivity contribution is 0.0841. The van der Waals surface area contributed by atoms with E-state index in [9.17, 15) is 9.90 Å². The number of aliphatic hydroxyl groups is 1. The van der Waals surface area contributed by atoms with Gasteiger partial charge < -0.3 is 19.7 Å². The third-order valence-corrected chi connectivity index (χ3v) is 4.33. The zero-order valence-corrected chi connectivity index (χ0v) is 14.1. The Balaban J connectivity index is 2.18. The number of fused-ring (bicyclic) bond motifs is 1. The van der Waals surface area contributed by atoms with Gasteiger partial charge in [-0.05, 0) is 18.1 Å². The number of carbonyl (C=O) groups excluding carboxylic acids is 1. The first-order valence-electron chi connectivity index (χ1n) is 8.12. The highest BCUT2D eigenvalue weighted by Gasteiger charge is 2.18. The molecule has 0 aliphatic heterocycles. The lowest BCUT2D eigenvalue weighted by Gasteiger charge is -2.18. The molecule has 1 amide bonds. The van der Waals surface area contributed by atoms with Gasteiger partial charge in [0.2, 0.25) is 0 Å². The van der Waals surface area contributed by atoms with Crippen LogP contribution in [-0.2, 0) is 11.3 Å². The van der Waals surface area contributed by atoms with E-state index in [0.29, 0.717) is 18.8 Å². The van der Waals surface area contributed by atoms with Crippen LogP contribution in [0.15, 0.2) is 30.3 Å². The van der Waals surface area contributed by atoms with E-state index in [-0.39, 0.29) is 18.4 Å². The first-order valence-corrected chi connectivity index (χ1v) is 8.12. The third-order valence-electron chi connectivity index (χ3n) is 4.33. The summed E-state index contributed by atoms with van der Waals surface area (Å²) in [5, 5.41) is 13.9. The minimum absolute atomic E-state index is 0.162. The van der Waals surface area contributed by atoms with Gasteiger partial charge >= 0.3 is 0 Å². The van der Waals surface area contributed by atoms with Crippen LogP contribution < -0.4 is 5.32 Å². The van der Waals surface area contributed by atoms with Crippen molar-refractivity contribution in [3.8, 4) is 0 Å². The van der Waals surface area contributed by atoms with Crippen LogP contribution >= 0.6 is 0 Å². The summed E-state index contributed by atoms with van der Waals surface area (Å²) in [4.78, 5) is 12.5. The number of methoxy groups -OCH3 is 1. The van der Waals surface area contributed by atoms with Gasteiger partial charge in [0.15, 0.2) is 0 Å². The van der Waals surface area contributed by atoms with Gasteiger partial charge in [-0.3, -0.25) is 4.79 Å². The molecule has 126 valence electrons. The molecule has 0 saturated carbocycles. The molecule has 1 heterocycles. The first-order chi connectivity index (χ1) is 11.1. The molecule has 0 bridgehead atoms. The molecule has 2 aromatic rings. The molecule has 5 nitrogen and oxygen atoms in total. The summed E-state index contributed by atoms with van der Waals surface area (Å²) in [6.07, 6.45) is 0.353. The van der Waals surface area contributed by atoms with Gasteiger partial charge in [0.05, 0.1) is 12.7 Å². The molecular formula is C18H26N2O3. The number of carbonyl (C=O) groups is 1. The summed E-state index contributed by atoms with van der Waals surface area (Å²) in [6.45, 7) is 5.42. The molecule has 2 N–H and O–H groups in total. The number of aliphatic hydroxyl groups excluding tert-OH is 1. The smallest absolute Gasteiger partial charge is 0.268 e. The largest absolute Gasteiger partial charge is 0.391 e. The predicted molar refractivity (Wildman–Crippen MR) is 91.6 cm³/mol. The molecule has 0 radical (unpaired) electrons. The van der Waals surface area contributed by atoms with Crippen LogP contribution in [0.3, 0.4) is 0 Å². The molecule has 0 fully saturated rings. The van der Waals surface area contributed by atoms with Gasteiger partial charge in [0.1, 0.15) is 5.69 Å². The van der Waals surface area contributed by atoms with Gasteiger partial charge in [-0.1, -0.05) is 38.5 Å². The Morgan fingerprint density at radius 3 is 2.83 bits per heavy atom. The van der Waals surface area contributed by atoms with E-state index in [2.05, 4.69) is 5.32 Å². The minimum Gasteiger partial charge on any atom is -0.391 e. The highest BCUT2D eigenvalue weighted by atomic mass is 16.5. The summed E-state index contributed by atoms with van der Waals surface area (Å²) < 4.78 is 7.11. The maximum Gasteiger partial charge on any atom is 0.268 e. The number of amides is 1. The number of nitrogens with zero attached hydrogens (tertiary/aromatic N) is 1. The summed E-state index contributed by atoms with van der Waals surface area (Å²) in [7, 11) is 1.65. The number of aromatic nitrogens is 1. The van der Waals surface area contributed by atoms with Crippen LogP contribution in [0.2, 0.25) is 0 Å². The van der Waals surface area contributed by atoms with Crippen molar-refractivity contribution < 1.29 is 14.6 Å². The molecule has 2 unspecified atom stereocenters. The number of nitrogens with one attached hydrogen (secondary N) is 1. The maximum atomic E-state index is 12.5. The van der Waals surface area contributed by atoms with E-state index in [1.807, 2.05) is 48.7 Å². The Hall–Kier alpha value is -1.85. The topological polar surface area (TPSA) is 63.5 Å². The second-order valence-corrected chi connectivity index (χ2v) is 5.90. The van der Waals surface area contributed by atoms with Crippen LogP contribution in [0.4, 0.5) is 0 Å². The van der Waals surface area contributed by atoms with Crippen LogP contribution in [0.1, 0.15) is 30.8 Å². The normalized spacial score (nSPS) is 13.9. The fourth-order valence-electron chi connectivity index (χ4n) is 2.58. The zero-order valence-electron chi connectivity index (χ0n) is 14.1. The Bertz CT molecular complexity index is 651. The van der Waals surface area contributed by atoms with Crippen molar-refractivity contribution in [2.45, 2.75) is 32.9 Å². The average Bonchev–Trinajstić information content (AvgIpc) is 2.95. The number of ether oxygens (including phenoxy) is 1. The predicted octanol–water partition coefficient (Wildman–Crippen LogP) is 2.42. The number of benzene rings is 1. The van der Waals surface area contributed by atoms with Crippen molar-refractivity contribution in [2.75, 3.05) is 20.3 Å². The van der Waals surface area contributed by atoms with Gasteiger partial charge in [-0.15, -0.1) is 0 Å². The van der Waals surface area contributed by atoms with Crippen molar-refractivity contribution in [1.82, 2.24) is 9.88 Å². The van der Waals surface area contributed by atoms with E-state index in [0.717, 1.165) is 17.3 Å². The molecule has 2 atom stereocenters. The number of para-hydroxylation sites is 1. The fourth-order valence-corrected chi connectivity index (χ4v) is 2.58. The monoisotopic (exact) mass is 318 g/mol. The van der Waals surface area contributed by atoms with Crippen LogP contribution in [0, 0.1) is 5.92 Å². The van der Waals surface area contributed by atoms with Gasteiger partial charge in [0, 0.05) is 31.1 Å². The lowest BCUT2D eigenvalue weighted by Crippen LogP contribution is -2.36. The van der Waals surface area contributed by atoms with Crippen LogP contribution in [-0.4, -0.2) is 41.9 Å². The molecule has 5 heteroatoms. The average molecular weight is 318 g/mol. The summed E-state index contributed by atoms with van der Waals surface area (Å²) in [5.41, 5.74) is 1.61. The van der Waals surface area contributed by atoms with E-state index in [1.54, 1.807) is 7.11 Å². The van der Waals surface area contributed by atoms with E-state index < -0.39 is 6.10 Å². The maximum absolute atomic E-state index is 12.5. The fraction of sp³-hybridized carbons (Fsp3) is 0.500. The Kier molecular flexibility index (Phi) is 6.19. The molecule has 0 saturated heterocycles. The Morgan fingerprint density at radius 1 is 1.39 bits per heavy atom. The highest BCUT2D eigenvalue weighted by molar-refractivity contribution is 5.98. The third kappa shape index (κ3) is 4.12. The number of hydrogen-bond acceptors (Lipinski definition) is 3. The van der Waals surface area contributed by atoms with E-state index >= 15 is 0 Å². The van der Waals surface area contributed by atoms with Gasteiger partial charge in [0.25, 0.3) is 5.91 Å². The lowest BCUT2D eigenvalue weighted by atomic mass is 10.0. The van der Waals surface area contributed by atoms with Gasteiger partial charge in [-0.2, -0.15) is 0 Å². The highest BCUT2D eigenvalue weighted by Crippen LogP contribution is 2.20. The molecule has 0 spiro atoms. The SMILES string of the molecule is CCC(C)C(O)CNC(=O)c1cc2ccccc2n1CCOC. The van der Waals surface area contributed by atoms with Crippen molar-refractivity contribution >= 4 is 16.8 Å². The van der Waals surface area contributed by atoms with Crippen molar-refractivity contribution in [1.29, 1.82) is 0 Å². The van der Waals surface area contributed by atoms with E-state index in [4.69, 9.17) is 4.74 Å². The minimum atomic E-state index is -0.527. The van der Waals surface area contributed by atoms with Crippen LogP contribution in [0.5, 0.6) is 0 Å². The molecular weight excluding hydrogens is 292 g/mol. The Morgan fingerprint density at radius 2 is 2.13 bits per heavy atom. The van der Waals surface area contributed by atoms with Gasteiger partial charge in [-0.25, -0.2) is 0 Å². The zero-order chi connectivity index (χ0) is 16.8. The molecule has 2 rings (SSSR count). The number of rotatable bonds is 8. The number of hydrogen-bond donors (Lipinski definition) is 2. The second kappa shape index (κ2) is 8.13.